The van der Waals surface area contributed by atoms with Crippen molar-refractivity contribution in [2.75, 3.05) is 7.05 Å². The van der Waals surface area contributed by atoms with Crippen LogP contribution in [0.4, 0.5) is 4.79 Å². The molecule has 2 rings (SSSR count). The number of carbonyl (C=O) groups excluding carboxylic acids is 1. The Hall–Kier alpha value is -1.59. The molecule has 0 heterocycles. The molecule has 1 aromatic rings. The second-order valence-corrected chi connectivity index (χ2v) is 5.80. The second kappa shape index (κ2) is 6.91. The fraction of sp³-hybridized carbons (Fsp3) is 0.562. The lowest BCUT2D eigenvalue weighted by Gasteiger charge is -2.39. The van der Waals surface area contributed by atoms with Crippen molar-refractivity contribution >= 4 is 6.09 Å². The zero-order valence-electron chi connectivity index (χ0n) is 12.5. The summed E-state index contributed by atoms with van der Waals surface area (Å²) in [6, 6.07) is 9.38. The minimum Gasteiger partial charge on any atom is -0.445 e. The average molecular weight is 293 g/mol. The van der Waals surface area contributed by atoms with Crippen LogP contribution in [0.2, 0.25) is 0 Å². The van der Waals surface area contributed by atoms with Crippen molar-refractivity contribution < 1.29 is 19.7 Å². The zero-order valence-corrected chi connectivity index (χ0v) is 12.5. The Kier molecular flexibility index (Phi) is 5.20. The smallest absolute Gasteiger partial charge is 0.410 e. The molecule has 0 aromatic heterocycles. The van der Waals surface area contributed by atoms with E-state index in [2.05, 4.69) is 0 Å². The largest absolute Gasteiger partial charge is 0.445 e. The maximum Gasteiger partial charge on any atom is 0.410 e. The third-order valence-electron chi connectivity index (χ3n) is 4.19. The van der Waals surface area contributed by atoms with Gasteiger partial charge in [0.2, 0.25) is 0 Å². The van der Waals surface area contributed by atoms with Crippen LogP contribution in [0.5, 0.6) is 0 Å². The molecule has 1 saturated carbocycles. The van der Waals surface area contributed by atoms with E-state index < -0.39 is 18.3 Å². The first-order valence-corrected chi connectivity index (χ1v) is 7.28. The van der Waals surface area contributed by atoms with Gasteiger partial charge in [-0.25, -0.2) is 4.79 Å². The molecule has 0 unspecified atom stereocenters. The summed E-state index contributed by atoms with van der Waals surface area (Å²) in [6.45, 7) is 2.21. The van der Waals surface area contributed by atoms with E-state index in [0.29, 0.717) is 12.8 Å². The highest BCUT2D eigenvalue weighted by Crippen LogP contribution is 2.28. The standard InChI is InChI=1S/C16H23NO4/c1-11-8-14(18)15(19)9-13(11)17(2)16(20)21-10-12-6-4-3-5-7-12/h3-7,11,13-15,18-19H,8-10H2,1-2H3/t11-,13+,14-,15-/m0/s1. The molecule has 5 heteroatoms. The first-order valence-electron chi connectivity index (χ1n) is 7.28. The minimum absolute atomic E-state index is 0.119. The summed E-state index contributed by atoms with van der Waals surface area (Å²) in [4.78, 5) is 13.6. The number of hydrogen-bond donors (Lipinski definition) is 2. The lowest BCUT2D eigenvalue weighted by molar-refractivity contribution is -0.0525. The van der Waals surface area contributed by atoms with E-state index in [1.807, 2.05) is 37.3 Å². The Balaban J connectivity index is 1.90. The highest BCUT2D eigenvalue weighted by molar-refractivity contribution is 5.67. The average Bonchev–Trinajstić information content (AvgIpc) is 2.49. The van der Waals surface area contributed by atoms with Gasteiger partial charge in [-0.2, -0.15) is 0 Å². The number of hydrogen-bond acceptors (Lipinski definition) is 4. The van der Waals surface area contributed by atoms with Crippen LogP contribution in [-0.4, -0.2) is 46.5 Å². The van der Waals surface area contributed by atoms with Gasteiger partial charge in [-0.3, -0.25) is 0 Å². The van der Waals surface area contributed by atoms with Crippen molar-refractivity contribution in [2.24, 2.45) is 5.92 Å². The predicted octanol–water partition coefficient (Wildman–Crippen LogP) is 1.78. The molecular formula is C16H23NO4. The van der Waals surface area contributed by atoms with Gasteiger partial charge in [0.05, 0.1) is 12.2 Å². The van der Waals surface area contributed by atoms with Crippen molar-refractivity contribution in [3.05, 3.63) is 35.9 Å². The zero-order chi connectivity index (χ0) is 15.4. The van der Waals surface area contributed by atoms with Crippen LogP contribution in [0, 0.1) is 5.92 Å². The van der Waals surface area contributed by atoms with E-state index in [4.69, 9.17) is 4.74 Å². The number of aliphatic hydroxyl groups is 2. The fourth-order valence-electron chi connectivity index (χ4n) is 2.83. The molecule has 0 spiro atoms. The summed E-state index contributed by atoms with van der Waals surface area (Å²) in [6.07, 6.45) is -1.03. The number of aliphatic hydroxyl groups excluding tert-OH is 2. The first kappa shape index (κ1) is 15.8. The molecule has 1 fully saturated rings. The fourth-order valence-corrected chi connectivity index (χ4v) is 2.83. The molecule has 4 atom stereocenters. The summed E-state index contributed by atoms with van der Waals surface area (Å²) in [5, 5.41) is 19.4. The van der Waals surface area contributed by atoms with Crippen LogP contribution < -0.4 is 0 Å². The number of amides is 1. The van der Waals surface area contributed by atoms with Gasteiger partial charge >= 0.3 is 6.09 Å². The number of carbonyl (C=O) groups is 1. The molecule has 1 aliphatic rings. The Morgan fingerprint density at radius 1 is 1.24 bits per heavy atom. The quantitative estimate of drug-likeness (QED) is 0.891. The molecule has 2 N–H and O–H groups in total. The van der Waals surface area contributed by atoms with Crippen LogP contribution in [0.25, 0.3) is 0 Å². The highest BCUT2D eigenvalue weighted by Gasteiger charge is 2.37. The van der Waals surface area contributed by atoms with Crippen LogP contribution in [0.1, 0.15) is 25.3 Å². The molecule has 1 aromatic carbocycles. The molecule has 0 radical (unpaired) electrons. The monoisotopic (exact) mass is 293 g/mol. The van der Waals surface area contributed by atoms with Gasteiger partial charge in [-0.15, -0.1) is 0 Å². The van der Waals surface area contributed by atoms with E-state index in [0.717, 1.165) is 5.56 Å². The number of nitrogens with zero attached hydrogens (tertiary/aromatic N) is 1. The van der Waals surface area contributed by atoms with Crippen LogP contribution in [0.15, 0.2) is 30.3 Å². The van der Waals surface area contributed by atoms with E-state index in [1.54, 1.807) is 7.05 Å². The first-order chi connectivity index (χ1) is 9.99. The van der Waals surface area contributed by atoms with E-state index >= 15 is 0 Å². The molecule has 21 heavy (non-hydrogen) atoms. The van der Waals surface area contributed by atoms with Gasteiger partial charge in [0.15, 0.2) is 0 Å². The molecule has 5 nitrogen and oxygen atoms in total. The van der Waals surface area contributed by atoms with Gasteiger partial charge in [-0.05, 0) is 24.3 Å². The molecule has 1 amide bonds. The normalized spacial score (nSPS) is 29.0. The van der Waals surface area contributed by atoms with Crippen molar-refractivity contribution in [3.8, 4) is 0 Å². The summed E-state index contributed by atoms with van der Waals surface area (Å²) >= 11 is 0. The van der Waals surface area contributed by atoms with Crippen molar-refractivity contribution in [3.63, 3.8) is 0 Å². The second-order valence-electron chi connectivity index (χ2n) is 5.80. The molecule has 0 bridgehead atoms. The van der Waals surface area contributed by atoms with E-state index in [-0.39, 0.29) is 18.6 Å². The molecule has 0 saturated heterocycles. The van der Waals surface area contributed by atoms with E-state index in [9.17, 15) is 15.0 Å². The lowest BCUT2D eigenvalue weighted by atomic mass is 9.82. The van der Waals surface area contributed by atoms with Gasteiger partial charge in [0.1, 0.15) is 6.61 Å². The van der Waals surface area contributed by atoms with Crippen LogP contribution >= 0.6 is 0 Å². The lowest BCUT2D eigenvalue weighted by Crippen LogP contribution is -2.50. The molecule has 1 aliphatic carbocycles. The van der Waals surface area contributed by atoms with Gasteiger partial charge in [0.25, 0.3) is 0 Å². The SMILES string of the molecule is C[C@H]1C[C@H](O)[C@@H](O)C[C@H]1N(C)C(=O)OCc1ccccc1. The Morgan fingerprint density at radius 2 is 1.86 bits per heavy atom. The third-order valence-corrected chi connectivity index (χ3v) is 4.19. The summed E-state index contributed by atoms with van der Waals surface area (Å²) < 4.78 is 5.30. The van der Waals surface area contributed by atoms with Gasteiger partial charge < -0.3 is 19.8 Å². The number of ether oxygens (including phenoxy) is 1. The maximum atomic E-state index is 12.1. The topological polar surface area (TPSA) is 70.0 Å². The summed E-state index contributed by atoms with van der Waals surface area (Å²) in [5.41, 5.74) is 0.936. The summed E-state index contributed by atoms with van der Waals surface area (Å²) in [5.74, 6) is 0.123. The molecular weight excluding hydrogens is 270 g/mol. The van der Waals surface area contributed by atoms with Gasteiger partial charge in [-0.1, -0.05) is 37.3 Å². The number of rotatable bonds is 3. The van der Waals surface area contributed by atoms with Crippen LogP contribution in [-0.2, 0) is 11.3 Å². The minimum atomic E-state index is -0.782. The predicted molar refractivity (Wildman–Crippen MR) is 78.6 cm³/mol. The summed E-state index contributed by atoms with van der Waals surface area (Å²) in [7, 11) is 1.68. The molecule has 0 aliphatic heterocycles. The van der Waals surface area contributed by atoms with Crippen molar-refractivity contribution in [1.29, 1.82) is 0 Å². The Labute approximate surface area is 125 Å². The third kappa shape index (κ3) is 3.95. The van der Waals surface area contributed by atoms with Crippen LogP contribution in [0.3, 0.4) is 0 Å². The Morgan fingerprint density at radius 3 is 2.52 bits per heavy atom. The maximum absolute atomic E-state index is 12.1. The van der Waals surface area contributed by atoms with Gasteiger partial charge in [0, 0.05) is 13.1 Å². The van der Waals surface area contributed by atoms with Crippen molar-refractivity contribution in [2.45, 2.75) is 44.6 Å². The Bertz CT molecular complexity index is 465. The number of benzene rings is 1. The van der Waals surface area contributed by atoms with E-state index in [1.165, 1.54) is 4.90 Å². The van der Waals surface area contributed by atoms with Crippen molar-refractivity contribution in [1.82, 2.24) is 4.90 Å². The highest BCUT2D eigenvalue weighted by atomic mass is 16.6. The molecule has 116 valence electrons.